The average Bonchev–Trinajstić information content (AvgIpc) is 2.63. The van der Waals surface area contributed by atoms with E-state index < -0.39 is 12.0 Å². The van der Waals surface area contributed by atoms with Gasteiger partial charge in [0.25, 0.3) is 0 Å². The first-order chi connectivity index (χ1) is 7.11. The molecule has 1 aliphatic carbocycles. The van der Waals surface area contributed by atoms with Crippen molar-refractivity contribution in [3.63, 3.8) is 0 Å². The Bertz CT molecular complexity index is 246. The van der Waals surface area contributed by atoms with Crippen LogP contribution >= 0.6 is 0 Å². The third kappa shape index (κ3) is 4.04. The minimum absolute atomic E-state index is 0.139. The molecule has 0 aromatic rings. The van der Waals surface area contributed by atoms with Crippen LogP contribution in [0.5, 0.6) is 0 Å². The zero-order chi connectivity index (χ0) is 11.3. The lowest BCUT2D eigenvalue weighted by Crippen LogP contribution is -2.41. The standard InChI is InChI=1S/C12H21NO2/c1-9(2)11(12(14)15)13-8-7-10-5-3-4-6-10/h5,9,11,13H,3-4,6-8H2,1-2H3,(H,14,15). The molecule has 1 aliphatic rings. The van der Waals surface area contributed by atoms with Crippen LogP contribution < -0.4 is 5.32 Å². The number of rotatable bonds is 6. The van der Waals surface area contributed by atoms with E-state index in [9.17, 15) is 4.79 Å². The van der Waals surface area contributed by atoms with Crippen LogP contribution in [0, 0.1) is 5.92 Å². The summed E-state index contributed by atoms with van der Waals surface area (Å²) >= 11 is 0. The second kappa shape index (κ2) is 5.91. The van der Waals surface area contributed by atoms with E-state index in [1.165, 1.54) is 24.8 Å². The highest BCUT2D eigenvalue weighted by atomic mass is 16.4. The monoisotopic (exact) mass is 211 g/mol. The number of hydrogen-bond donors (Lipinski definition) is 2. The van der Waals surface area contributed by atoms with Gasteiger partial charge in [-0.1, -0.05) is 25.5 Å². The van der Waals surface area contributed by atoms with Gasteiger partial charge in [0.2, 0.25) is 0 Å². The van der Waals surface area contributed by atoms with Crippen molar-refractivity contribution in [1.29, 1.82) is 0 Å². The molecule has 3 heteroatoms. The average molecular weight is 211 g/mol. The maximum atomic E-state index is 10.9. The van der Waals surface area contributed by atoms with Crippen molar-refractivity contribution >= 4 is 5.97 Å². The topological polar surface area (TPSA) is 49.3 Å². The third-order valence-electron chi connectivity index (χ3n) is 2.88. The van der Waals surface area contributed by atoms with E-state index in [0.717, 1.165) is 13.0 Å². The third-order valence-corrected chi connectivity index (χ3v) is 2.88. The van der Waals surface area contributed by atoms with Crippen LogP contribution in [0.4, 0.5) is 0 Å². The van der Waals surface area contributed by atoms with Gasteiger partial charge in [-0.15, -0.1) is 0 Å². The summed E-state index contributed by atoms with van der Waals surface area (Å²) in [4.78, 5) is 10.9. The van der Waals surface area contributed by atoms with Gasteiger partial charge >= 0.3 is 5.97 Å². The number of nitrogens with one attached hydrogen (secondary N) is 1. The van der Waals surface area contributed by atoms with Crippen molar-refractivity contribution in [2.75, 3.05) is 6.54 Å². The maximum Gasteiger partial charge on any atom is 0.320 e. The normalized spacial score (nSPS) is 17.9. The number of carboxylic acids is 1. The Labute approximate surface area is 91.6 Å². The van der Waals surface area contributed by atoms with E-state index in [0.29, 0.717) is 0 Å². The van der Waals surface area contributed by atoms with Gasteiger partial charge in [-0.2, -0.15) is 0 Å². The Morgan fingerprint density at radius 2 is 2.33 bits per heavy atom. The predicted molar refractivity (Wildman–Crippen MR) is 60.8 cm³/mol. The first kappa shape index (κ1) is 12.2. The molecule has 0 saturated carbocycles. The zero-order valence-corrected chi connectivity index (χ0v) is 9.62. The fourth-order valence-corrected chi connectivity index (χ4v) is 1.96. The number of carboxylic acid groups (broad SMARTS) is 1. The highest BCUT2D eigenvalue weighted by Gasteiger charge is 2.20. The van der Waals surface area contributed by atoms with Gasteiger partial charge < -0.3 is 10.4 Å². The van der Waals surface area contributed by atoms with E-state index in [1.54, 1.807) is 0 Å². The van der Waals surface area contributed by atoms with E-state index in [-0.39, 0.29) is 5.92 Å². The Morgan fingerprint density at radius 3 is 2.80 bits per heavy atom. The molecule has 0 fully saturated rings. The van der Waals surface area contributed by atoms with Crippen LogP contribution in [-0.2, 0) is 4.79 Å². The van der Waals surface area contributed by atoms with Crippen molar-refractivity contribution < 1.29 is 9.90 Å². The molecular weight excluding hydrogens is 190 g/mol. The molecule has 0 amide bonds. The quantitative estimate of drug-likeness (QED) is 0.662. The Balaban J connectivity index is 2.24. The lowest BCUT2D eigenvalue weighted by atomic mass is 10.0. The maximum absolute atomic E-state index is 10.9. The van der Waals surface area contributed by atoms with Gasteiger partial charge in [0, 0.05) is 0 Å². The molecule has 86 valence electrons. The van der Waals surface area contributed by atoms with Crippen molar-refractivity contribution in [2.24, 2.45) is 5.92 Å². The van der Waals surface area contributed by atoms with Gasteiger partial charge in [-0.3, -0.25) is 4.79 Å². The molecule has 1 atom stereocenters. The zero-order valence-electron chi connectivity index (χ0n) is 9.62. The Hall–Kier alpha value is -0.830. The minimum atomic E-state index is -0.745. The molecule has 1 unspecified atom stereocenters. The summed E-state index contributed by atoms with van der Waals surface area (Å²) in [6.45, 7) is 4.64. The Kier molecular flexibility index (Phi) is 4.82. The summed E-state index contributed by atoms with van der Waals surface area (Å²) in [5.74, 6) is -0.606. The van der Waals surface area contributed by atoms with Gasteiger partial charge in [0.05, 0.1) is 0 Å². The molecule has 3 nitrogen and oxygen atoms in total. The minimum Gasteiger partial charge on any atom is -0.480 e. The van der Waals surface area contributed by atoms with Crippen LogP contribution in [0.25, 0.3) is 0 Å². The molecule has 0 radical (unpaired) electrons. The molecule has 0 aromatic carbocycles. The van der Waals surface area contributed by atoms with Crippen molar-refractivity contribution in [2.45, 2.75) is 45.6 Å². The van der Waals surface area contributed by atoms with E-state index in [2.05, 4.69) is 11.4 Å². The summed E-state index contributed by atoms with van der Waals surface area (Å²) in [6.07, 6.45) is 6.94. The summed E-state index contributed by atoms with van der Waals surface area (Å²) in [6, 6.07) is -0.410. The predicted octanol–water partition coefficient (Wildman–Crippen LogP) is 2.19. The van der Waals surface area contributed by atoms with Crippen molar-refractivity contribution in [1.82, 2.24) is 5.32 Å². The molecule has 0 saturated heterocycles. The lowest BCUT2D eigenvalue weighted by Gasteiger charge is -2.17. The van der Waals surface area contributed by atoms with Gasteiger partial charge in [0.15, 0.2) is 0 Å². The van der Waals surface area contributed by atoms with E-state index in [4.69, 9.17) is 5.11 Å². The lowest BCUT2D eigenvalue weighted by molar-refractivity contribution is -0.140. The number of carbonyl (C=O) groups is 1. The van der Waals surface area contributed by atoms with Crippen molar-refractivity contribution in [3.05, 3.63) is 11.6 Å². The molecule has 0 heterocycles. The highest BCUT2D eigenvalue weighted by molar-refractivity contribution is 5.73. The first-order valence-electron chi connectivity index (χ1n) is 5.75. The summed E-state index contributed by atoms with van der Waals surface area (Å²) in [5, 5.41) is 12.1. The molecule has 0 bridgehead atoms. The first-order valence-corrected chi connectivity index (χ1v) is 5.75. The van der Waals surface area contributed by atoms with Crippen LogP contribution in [0.15, 0.2) is 11.6 Å². The smallest absolute Gasteiger partial charge is 0.320 e. The fraction of sp³-hybridized carbons (Fsp3) is 0.750. The summed E-state index contributed by atoms with van der Waals surface area (Å²) in [5.41, 5.74) is 1.48. The highest BCUT2D eigenvalue weighted by Crippen LogP contribution is 2.19. The molecule has 1 rings (SSSR count). The molecule has 0 spiro atoms. The number of aliphatic carboxylic acids is 1. The van der Waals surface area contributed by atoms with Gasteiger partial charge in [-0.25, -0.2) is 0 Å². The summed E-state index contributed by atoms with van der Waals surface area (Å²) < 4.78 is 0. The van der Waals surface area contributed by atoms with Crippen molar-refractivity contribution in [3.8, 4) is 0 Å². The largest absolute Gasteiger partial charge is 0.480 e. The second-order valence-electron chi connectivity index (χ2n) is 4.52. The number of allylic oxidation sites excluding steroid dienone is 1. The van der Waals surface area contributed by atoms with Gasteiger partial charge in [-0.05, 0) is 38.1 Å². The molecule has 15 heavy (non-hydrogen) atoms. The molecule has 2 N–H and O–H groups in total. The van der Waals surface area contributed by atoms with E-state index >= 15 is 0 Å². The fourth-order valence-electron chi connectivity index (χ4n) is 1.96. The molecule has 0 aliphatic heterocycles. The van der Waals surface area contributed by atoms with Crippen LogP contribution in [-0.4, -0.2) is 23.7 Å². The molecular formula is C12H21NO2. The van der Waals surface area contributed by atoms with Crippen LogP contribution in [0.2, 0.25) is 0 Å². The summed E-state index contributed by atoms with van der Waals surface area (Å²) in [7, 11) is 0. The second-order valence-corrected chi connectivity index (χ2v) is 4.52. The van der Waals surface area contributed by atoms with E-state index in [1.807, 2.05) is 13.8 Å². The SMILES string of the molecule is CC(C)C(NCCC1=CCCC1)C(=O)O. The number of hydrogen-bond acceptors (Lipinski definition) is 2. The van der Waals surface area contributed by atoms with Crippen LogP contribution in [0.1, 0.15) is 39.5 Å². The van der Waals surface area contributed by atoms with Crippen LogP contribution in [0.3, 0.4) is 0 Å². The Morgan fingerprint density at radius 1 is 1.60 bits per heavy atom. The van der Waals surface area contributed by atoms with Gasteiger partial charge in [0.1, 0.15) is 6.04 Å². The molecule has 0 aromatic heterocycles.